The van der Waals surface area contributed by atoms with E-state index >= 15 is 0 Å². The van der Waals surface area contributed by atoms with Gasteiger partial charge in [-0.15, -0.1) is 0 Å². The number of amides is 1. The average Bonchev–Trinajstić information content (AvgIpc) is 2.92. The van der Waals surface area contributed by atoms with E-state index in [1.165, 1.54) is 10.5 Å². The third-order valence-electron chi connectivity index (χ3n) is 6.40. The van der Waals surface area contributed by atoms with Gasteiger partial charge in [-0.1, -0.05) is 54.2 Å². The topological polar surface area (TPSA) is 101 Å². The smallest absolute Gasteiger partial charge is 0.268 e. The van der Waals surface area contributed by atoms with E-state index in [1.54, 1.807) is 19.2 Å². The minimum atomic E-state index is -3.93. The Kier molecular flexibility index (Phi) is 7.09. The molecule has 1 aliphatic rings. The van der Waals surface area contributed by atoms with Gasteiger partial charge in [0.25, 0.3) is 10.0 Å². The number of nitrogens with one attached hydrogen (secondary N) is 1. The summed E-state index contributed by atoms with van der Waals surface area (Å²) in [6.07, 6.45) is 1.33. The first-order valence-electron chi connectivity index (χ1n) is 11.9. The molecule has 1 aliphatic heterocycles. The highest BCUT2D eigenvalue weighted by atomic mass is 32.2. The van der Waals surface area contributed by atoms with Crippen molar-refractivity contribution in [3.05, 3.63) is 89.6 Å². The molecule has 0 radical (unpaired) electrons. The van der Waals surface area contributed by atoms with Crippen molar-refractivity contribution in [3.63, 3.8) is 0 Å². The van der Waals surface area contributed by atoms with E-state index in [2.05, 4.69) is 15.3 Å². The molecule has 0 spiro atoms. The zero-order valence-electron chi connectivity index (χ0n) is 21.1. The molecule has 38 heavy (non-hydrogen) atoms. The van der Waals surface area contributed by atoms with Crippen LogP contribution in [0.3, 0.4) is 0 Å². The molecule has 0 fully saturated rings. The van der Waals surface area contributed by atoms with E-state index in [4.69, 9.17) is 4.74 Å². The second-order valence-corrected chi connectivity index (χ2v) is 11.6. The predicted octanol–water partition coefficient (Wildman–Crippen LogP) is 5.21. The Morgan fingerprint density at radius 1 is 1.05 bits per heavy atom. The second-order valence-electron chi connectivity index (χ2n) is 8.83. The number of aryl methyl sites for hydroxylation is 1. The Labute approximate surface area is 226 Å². The lowest BCUT2D eigenvalue weighted by molar-refractivity contribution is -0.113. The SMILES string of the molecule is COc1cccc(CN2c3ccccc3-c3nc(SCC(=O)Nc4cccc(C)c4C)ncc3S2(=O)=O)c1. The van der Waals surface area contributed by atoms with E-state index in [0.717, 1.165) is 34.1 Å². The lowest BCUT2D eigenvalue weighted by atomic mass is 10.1. The minimum absolute atomic E-state index is 0.0308. The minimum Gasteiger partial charge on any atom is -0.497 e. The van der Waals surface area contributed by atoms with Gasteiger partial charge >= 0.3 is 0 Å². The first-order chi connectivity index (χ1) is 18.3. The molecule has 1 N–H and O–H groups in total. The first kappa shape index (κ1) is 25.7. The van der Waals surface area contributed by atoms with E-state index in [0.29, 0.717) is 27.9 Å². The van der Waals surface area contributed by atoms with Crippen LogP contribution in [0.25, 0.3) is 11.3 Å². The highest BCUT2D eigenvalue weighted by Crippen LogP contribution is 2.43. The fraction of sp³-hybridized carbons (Fsp3) is 0.179. The Balaban J connectivity index is 1.41. The lowest BCUT2D eigenvalue weighted by Crippen LogP contribution is -2.34. The fourth-order valence-electron chi connectivity index (χ4n) is 4.26. The van der Waals surface area contributed by atoms with Gasteiger partial charge in [0.1, 0.15) is 10.6 Å². The molecule has 8 nitrogen and oxygen atoms in total. The number of sulfonamides is 1. The number of hydrogen-bond donors (Lipinski definition) is 1. The second kappa shape index (κ2) is 10.5. The predicted molar refractivity (Wildman–Crippen MR) is 149 cm³/mol. The van der Waals surface area contributed by atoms with Gasteiger partial charge in [0.15, 0.2) is 5.16 Å². The number of rotatable bonds is 7. The summed E-state index contributed by atoms with van der Waals surface area (Å²) in [4.78, 5) is 21.5. The van der Waals surface area contributed by atoms with Crippen molar-refractivity contribution >= 4 is 39.1 Å². The van der Waals surface area contributed by atoms with Gasteiger partial charge in [-0.25, -0.2) is 18.4 Å². The molecule has 1 aromatic heterocycles. The molecule has 2 heterocycles. The van der Waals surface area contributed by atoms with Gasteiger partial charge in [-0.2, -0.15) is 0 Å². The van der Waals surface area contributed by atoms with Gasteiger partial charge in [0.05, 0.1) is 37.0 Å². The molecule has 5 rings (SSSR count). The quantitative estimate of drug-likeness (QED) is 0.251. The number of para-hydroxylation sites is 1. The zero-order valence-corrected chi connectivity index (χ0v) is 22.8. The third-order valence-corrected chi connectivity index (χ3v) is 9.02. The monoisotopic (exact) mass is 546 g/mol. The number of benzene rings is 3. The number of ether oxygens (including phenoxy) is 1. The Hall–Kier alpha value is -3.89. The number of hydrogen-bond acceptors (Lipinski definition) is 7. The molecular weight excluding hydrogens is 520 g/mol. The summed E-state index contributed by atoms with van der Waals surface area (Å²) in [5, 5.41) is 3.25. The normalized spacial score (nSPS) is 13.4. The highest BCUT2D eigenvalue weighted by molar-refractivity contribution is 7.99. The fourth-order valence-corrected chi connectivity index (χ4v) is 6.43. The number of anilines is 2. The van der Waals surface area contributed by atoms with Crippen LogP contribution in [0.5, 0.6) is 5.75 Å². The standard InChI is InChI=1S/C28H26N4O4S2/c1-18-8-6-12-23(19(18)2)30-26(33)17-37-28-29-15-25-27(31-28)22-11-4-5-13-24(22)32(38(25,34)35)16-20-9-7-10-21(14-20)36-3/h4-15H,16-17H2,1-3H3,(H,30,33). The number of methoxy groups -OCH3 is 1. The van der Waals surface area contributed by atoms with Crippen molar-refractivity contribution in [1.29, 1.82) is 0 Å². The van der Waals surface area contributed by atoms with Crippen molar-refractivity contribution in [2.75, 3.05) is 22.5 Å². The Morgan fingerprint density at radius 3 is 2.66 bits per heavy atom. The van der Waals surface area contributed by atoms with E-state index in [1.807, 2.05) is 68.4 Å². The molecule has 3 aromatic carbocycles. The summed E-state index contributed by atoms with van der Waals surface area (Å²) in [6, 6.07) is 20.3. The molecule has 1 amide bonds. The lowest BCUT2D eigenvalue weighted by Gasteiger charge is -2.31. The highest BCUT2D eigenvalue weighted by Gasteiger charge is 2.36. The van der Waals surface area contributed by atoms with Crippen molar-refractivity contribution < 1.29 is 17.9 Å². The van der Waals surface area contributed by atoms with E-state index in [9.17, 15) is 13.2 Å². The molecule has 194 valence electrons. The van der Waals surface area contributed by atoms with Crippen LogP contribution in [0.2, 0.25) is 0 Å². The van der Waals surface area contributed by atoms with Gasteiger partial charge in [0.2, 0.25) is 5.91 Å². The number of carbonyl (C=O) groups excluding carboxylic acids is 1. The maximum atomic E-state index is 13.7. The van der Waals surface area contributed by atoms with Crippen LogP contribution in [-0.4, -0.2) is 37.2 Å². The number of fused-ring (bicyclic) bond motifs is 3. The summed E-state index contributed by atoms with van der Waals surface area (Å²) in [5.41, 5.74) is 5.20. The molecule has 0 unspecified atom stereocenters. The van der Waals surface area contributed by atoms with Crippen LogP contribution in [0.1, 0.15) is 16.7 Å². The van der Waals surface area contributed by atoms with Gasteiger partial charge < -0.3 is 10.1 Å². The molecule has 4 aromatic rings. The molecule has 0 atom stereocenters. The van der Waals surface area contributed by atoms with Crippen LogP contribution in [-0.2, 0) is 21.4 Å². The maximum absolute atomic E-state index is 13.7. The number of thioether (sulfide) groups is 1. The van der Waals surface area contributed by atoms with Gasteiger partial charge in [0, 0.05) is 11.3 Å². The number of nitrogens with zero attached hydrogens (tertiary/aromatic N) is 3. The summed E-state index contributed by atoms with van der Waals surface area (Å²) < 4.78 is 34.1. The largest absolute Gasteiger partial charge is 0.497 e. The molecule has 0 bridgehead atoms. The van der Waals surface area contributed by atoms with E-state index < -0.39 is 10.0 Å². The summed E-state index contributed by atoms with van der Waals surface area (Å²) >= 11 is 1.16. The molecule has 0 aliphatic carbocycles. The van der Waals surface area contributed by atoms with Crippen molar-refractivity contribution in [3.8, 4) is 17.0 Å². The molecule has 0 saturated heterocycles. The summed E-state index contributed by atoms with van der Waals surface area (Å²) in [6.45, 7) is 4.08. The van der Waals surface area contributed by atoms with Crippen molar-refractivity contribution in [1.82, 2.24) is 9.97 Å². The Bertz CT molecular complexity index is 1640. The zero-order chi connectivity index (χ0) is 26.9. The molecule has 0 saturated carbocycles. The van der Waals surface area contributed by atoms with Crippen LogP contribution >= 0.6 is 11.8 Å². The van der Waals surface area contributed by atoms with Crippen LogP contribution in [0.15, 0.2) is 83.0 Å². The van der Waals surface area contributed by atoms with Crippen LogP contribution in [0.4, 0.5) is 11.4 Å². The van der Waals surface area contributed by atoms with E-state index in [-0.39, 0.29) is 23.1 Å². The van der Waals surface area contributed by atoms with Crippen molar-refractivity contribution in [2.24, 2.45) is 0 Å². The van der Waals surface area contributed by atoms with Crippen LogP contribution < -0.4 is 14.4 Å². The van der Waals surface area contributed by atoms with Crippen LogP contribution in [0, 0.1) is 13.8 Å². The number of aromatic nitrogens is 2. The Morgan fingerprint density at radius 2 is 1.84 bits per heavy atom. The maximum Gasteiger partial charge on any atom is 0.268 e. The van der Waals surface area contributed by atoms with Gasteiger partial charge in [-0.05, 0) is 54.8 Å². The van der Waals surface area contributed by atoms with Crippen molar-refractivity contribution in [2.45, 2.75) is 30.4 Å². The molecular formula is C28H26N4O4S2. The molecule has 10 heteroatoms. The first-order valence-corrected chi connectivity index (χ1v) is 14.3. The summed E-state index contributed by atoms with van der Waals surface area (Å²) in [5.74, 6) is 0.544. The summed E-state index contributed by atoms with van der Waals surface area (Å²) in [7, 11) is -2.36. The third kappa shape index (κ3) is 4.97. The average molecular weight is 547 g/mol. The van der Waals surface area contributed by atoms with Gasteiger partial charge in [-0.3, -0.25) is 9.10 Å². The number of carbonyl (C=O) groups is 1.